The Morgan fingerprint density at radius 2 is 1.87 bits per heavy atom. The molecule has 0 N–H and O–H groups in total. The van der Waals surface area contributed by atoms with Gasteiger partial charge in [0.1, 0.15) is 11.8 Å². The van der Waals surface area contributed by atoms with E-state index < -0.39 is 23.2 Å². The third-order valence-corrected chi connectivity index (χ3v) is 5.80. The van der Waals surface area contributed by atoms with E-state index in [4.69, 9.17) is 4.74 Å². The highest BCUT2D eigenvalue weighted by Gasteiger charge is 2.41. The fourth-order valence-electron chi connectivity index (χ4n) is 3.42. The Morgan fingerprint density at radius 3 is 2.47 bits per heavy atom. The standard InChI is InChI=1S/C22H24N2O5S/c1-6-29-18-9-7-17(8-10-18)23-13(2)11-16(14(23)3)12-19-20(25)24(22(27)30-19)15(4)21(26)28-5/h7-12,15H,6H2,1-5H3/b19-12+/t15-/m1/s1. The third kappa shape index (κ3) is 4.00. The number of nitrogens with zero attached hydrogens (tertiary/aromatic N) is 2. The van der Waals surface area contributed by atoms with Crippen molar-refractivity contribution < 1.29 is 23.9 Å². The van der Waals surface area contributed by atoms with Crippen molar-refractivity contribution in [1.82, 2.24) is 9.47 Å². The predicted octanol–water partition coefficient (Wildman–Crippen LogP) is 4.09. The zero-order valence-corrected chi connectivity index (χ0v) is 18.4. The van der Waals surface area contributed by atoms with E-state index >= 15 is 0 Å². The van der Waals surface area contributed by atoms with Gasteiger partial charge in [0.2, 0.25) is 0 Å². The lowest BCUT2D eigenvalue weighted by molar-refractivity contribution is -0.148. The van der Waals surface area contributed by atoms with E-state index in [1.807, 2.05) is 51.1 Å². The molecule has 1 aromatic carbocycles. The second-order valence-electron chi connectivity index (χ2n) is 6.84. The van der Waals surface area contributed by atoms with Crippen LogP contribution < -0.4 is 4.74 Å². The molecule has 7 nitrogen and oxygen atoms in total. The molecule has 0 bridgehead atoms. The highest BCUT2D eigenvalue weighted by molar-refractivity contribution is 8.18. The Hall–Kier alpha value is -3.00. The van der Waals surface area contributed by atoms with Gasteiger partial charge in [-0.05, 0) is 81.4 Å². The maximum atomic E-state index is 12.7. The van der Waals surface area contributed by atoms with Crippen LogP contribution in [0.4, 0.5) is 4.79 Å². The number of methoxy groups -OCH3 is 1. The Morgan fingerprint density at radius 1 is 1.20 bits per heavy atom. The molecule has 30 heavy (non-hydrogen) atoms. The summed E-state index contributed by atoms with van der Waals surface area (Å²) in [6, 6.07) is 8.77. The van der Waals surface area contributed by atoms with Crippen molar-refractivity contribution in [3.05, 3.63) is 52.2 Å². The van der Waals surface area contributed by atoms with Crippen molar-refractivity contribution in [2.45, 2.75) is 33.7 Å². The Labute approximate surface area is 179 Å². The van der Waals surface area contributed by atoms with E-state index in [9.17, 15) is 14.4 Å². The molecule has 1 aliphatic heterocycles. The largest absolute Gasteiger partial charge is 0.494 e. The zero-order valence-electron chi connectivity index (χ0n) is 17.6. The Balaban J connectivity index is 1.92. The first kappa shape index (κ1) is 21.7. The van der Waals surface area contributed by atoms with Crippen molar-refractivity contribution in [3.8, 4) is 11.4 Å². The van der Waals surface area contributed by atoms with Crippen LogP contribution in [0.15, 0.2) is 35.2 Å². The van der Waals surface area contributed by atoms with Crippen molar-refractivity contribution in [1.29, 1.82) is 0 Å². The molecular formula is C22H24N2O5S. The molecule has 2 aromatic rings. The van der Waals surface area contributed by atoms with Crippen LogP contribution >= 0.6 is 11.8 Å². The Bertz CT molecular complexity index is 1020. The van der Waals surface area contributed by atoms with E-state index in [0.29, 0.717) is 6.61 Å². The minimum absolute atomic E-state index is 0.280. The van der Waals surface area contributed by atoms with E-state index in [1.165, 1.54) is 14.0 Å². The first-order valence-electron chi connectivity index (χ1n) is 9.55. The van der Waals surface area contributed by atoms with Crippen molar-refractivity contribution in [2.75, 3.05) is 13.7 Å². The molecular weight excluding hydrogens is 404 g/mol. The molecule has 0 saturated carbocycles. The number of benzene rings is 1. The quantitative estimate of drug-likeness (QED) is 0.509. The van der Waals surface area contributed by atoms with Crippen molar-refractivity contribution >= 4 is 35.0 Å². The third-order valence-electron chi connectivity index (χ3n) is 4.92. The lowest BCUT2D eigenvalue weighted by Gasteiger charge is -2.18. The topological polar surface area (TPSA) is 77.8 Å². The van der Waals surface area contributed by atoms with Gasteiger partial charge in [-0.2, -0.15) is 0 Å². The molecule has 0 radical (unpaired) electrons. The van der Waals surface area contributed by atoms with Crippen LogP contribution in [0, 0.1) is 13.8 Å². The molecule has 8 heteroatoms. The number of esters is 1. The van der Waals surface area contributed by atoms with Crippen LogP contribution in [-0.2, 0) is 14.3 Å². The molecule has 1 atom stereocenters. The van der Waals surface area contributed by atoms with Crippen LogP contribution in [0.3, 0.4) is 0 Å². The van der Waals surface area contributed by atoms with E-state index in [-0.39, 0.29) is 4.91 Å². The van der Waals surface area contributed by atoms with Crippen molar-refractivity contribution in [3.63, 3.8) is 0 Å². The number of thioether (sulfide) groups is 1. The fraction of sp³-hybridized carbons (Fsp3) is 0.318. The summed E-state index contributed by atoms with van der Waals surface area (Å²) in [5.74, 6) is -0.321. The number of carbonyl (C=O) groups excluding carboxylic acids is 3. The van der Waals surface area contributed by atoms with Gasteiger partial charge in [0.15, 0.2) is 0 Å². The summed E-state index contributed by atoms with van der Waals surface area (Å²) >= 11 is 0.825. The van der Waals surface area contributed by atoms with Gasteiger partial charge in [0.05, 0.1) is 18.6 Å². The average molecular weight is 429 g/mol. The number of aryl methyl sites for hydroxylation is 1. The van der Waals surface area contributed by atoms with Gasteiger partial charge in [0.25, 0.3) is 11.1 Å². The number of amides is 2. The van der Waals surface area contributed by atoms with E-state index in [2.05, 4.69) is 9.30 Å². The molecule has 0 spiro atoms. The molecule has 2 amide bonds. The maximum absolute atomic E-state index is 12.7. The number of rotatable bonds is 6. The summed E-state index contributed by atoms with van der Waals surface area (Å²) in [7, 11) is 1.23. The number of hydrogen-bond acceptors (Lipinski definition) is 6. The number of aromatic nitrogens is 1. The van der Waals surface area contributed by atoms with Gasteiger partial charge in [-0.25, -0.2) is 4.79 Å². The predicted molar refractivity (Wildman–Crippen MR) is 116 cm³/mol. The second-order valence-corrected chi connectivity index (χ2v) is 7.83. The van der Waals surface area contributed by atoms with Crippen LogP contribution in [-0.4, -0.2) is 46.3 Å². The number of hydrogen-bond donors (Lipinski definition) is 0. The molecule has 0 aliphatic carbocycles. The highest BCUT2D eigenvalue weighted by atomic mass is 32.2. The van der Waals surface area contributed by atoms with E-state index in [0.717, 1.165) is 45.1 Å². The van der Waals surface area contributed by atoms with Gasteiger partial charge < -0.3 is 14.0 Å². The van der Waals surface area contributed by atoms with Crippen molar-refractivity contribution in [2.24, 2.45) is 0 Å². The van der Waals surface area contributed by atoms with Crippen LogP contribution in [0.1, 0.15) is 30.8 Å². The summed E-state index contributed by atoms with van der Waals surface area (Å²) < 4.78 is 12.2. The average Bonchev–Trinajstić information content (AvgIpc) is 3.16. The second kappa shape index (κ2) is 8.79. The van der Waals surface area contributed by atoms with Gasteiger partial charge in [-0.3, -0.25) is 14.5 Å². The van der Waals surface area contributed by atoms with Gasteiger partial charge >= 0.3 is 5.97 Å². The summed E-state index contributed by atoms with van der Waals surface area (Å²) in [6.45, 7) is 7.95. The number of carbonyl (C=O) groups is 3. The van der Waals surface area contributed by atoms with Gasteiger partial charge in [-0.1, -0.05) is 0 Å². The molecule has 0 unspecified atom stereocenters. The fourth-order valence-corrected chi connectivity index (χ4v) is 4.32. The summed E-state index contributed by atoms with van der Waals surface area (Å²) in [5.41, 5.74) is 3.73. The van der Waals surface area contributed by atoms with Crippen LogP contribution in [0.5, 0.6) is 5.75 Å². The molecule has 158 valence electrons. The zero-order chi connectivity index (χ0) is 22.0. The first-order chi connectivity index (χ1) is 14.3. The molecule has 1 aromatic heterocycles. The molecule has 2 heterocycles. The van der Waals surface area contributed by atoms with Crippen LogP contribution in [0.2, 0.25) is 0 Å². The molecule has 1 aliphatic rings. The maximum Gasteiger partial charge on any atom is 0.328 e. The number of ether oxygens (including phenoxy) is 2. The first-order valence-corrected chi connectivity index (χ1v) is 10.4. The highest BCUT2D eigenvalue weighted by Crippen LogP contribution is 2.35. The number of imide groups is 1. The summed E-state index contributed by atoms with van der Waals surface area (Å²) in [4.78, 5) is 38.0. The Kier molecular flexibility index (Phi) is 6.36. The van der Waals surface area contributed by atoms with Gasteiger partial charge in [-0.15, -0.1) is 0 Å². The lowest BCUT2D eigenvalue weighted by atomic mass is 10.2. The van der Waals surface area contributed by atoms with E-state index in [1.54, 1.807) is 6.08 Å². The molecule has 3 rings (SSSR count). The smallest absolute Gasteiger partial charge is 0.328 e. The normalized spacial score (nSPS) is 16.3. The summed E-state index contributed by atoms with van der Waals surface area (Å²) in [6.07, 6.45) is 1.70. The monoisotopic (exact) mass is 428 g/mol. The molecule has 1 saturated heterocycles. The minimum Gasteiger partial charge on any atom is -0.494 e. The van der Waals surface area contributed by atoms with Crippen LogP contribution in [0.25, 0.3) is 11.8 Å². The minimum atomic E-state index is -0.968. The molecule has 1 fully saturated rings. The van der Waals surface area contributed by atoms with Gasteiger partial charge in [0, 0.05) is 17.1 Å². The summed E-state index contributed by atoms with van der Waals surface area (Å²) in [5, 5.41) is -0.482. The lowest BCUT2D eigenvalue weighted by Crippen LogP contribution is -2.42. The SMILES string of the molecule is CCOc1ccc(-n2c(C)cc(/C=C3/SC(=O)N([C@H](C)C(=O)OC)C3=O)c2C)cc1.